The van der Waals surface area contributed by atoms with Crippen LogP contribution in [0.3, 0.4) is 0 Å². The molecule has 0 atom stereocenters. The van der Waals surface area contributed by atoms with Crippen LogP contribution in [0, 0.1) is 5.92 Å². The van der Waals surface area contributed by atoms with Crippen LogP contribution in [0.4, 0.5) is 0 Å². The first-order valence-electron chi connectivity index (χ1n) is 7.03. The van der Waals surface area contributed by atoms with Gasteiger partial charge in [0, 0.05) is 6.54 Å². The van der Waals surface area contributed by atoms with Gasteiger partial charge in [-0.15, -0.1) is 0 Å². The molecule has 0 aromatic heterocycles. The van der Waals surface area contributed by atoms with Crippen molar-refractivity contribution in [3.8, 4) is 5.75 Å². The van der Waals surface area contributed by atoms with E-state index < -0.39 is 24.4 Å². The molecule has 1 rings (SSSR count). The van der Waals surface area contributed by atoms with Gasteiger partial charge in [-0.2, -0.15) is 5.10 Å². The van der Waals surface area contributed by atoms with E-state index in [4.69, 9.17) is 4.74 Å². The minimum absolute atomic E-state index is 0.236. The highest BCUT2D eigenvalue weighted by Gasteiger charge is 2.12. The second-order valence-corrected chi connectivity index (χ2v) is 6.01. The quantitative estimate of drug-likeness (QED) is 0.374. The van der Waals surface area contributed by atoms with Crippen LogP contribution < -0.4 is 20.6 Å². The van der Waals surface area contributed by atoms with Crippen LogP contribution in [0.1, 0.15) is 19.4 Å². The molecule has 0 heterocycles. The van der Waals surface area contributed by atoms with Crippen molar-refractivity contribution in [3.63, 3.8) is 0 Å². The van der Waals surface area contributed by atoms with Gasteiger partial charge in [-0.05, 0) is 45.6 Å². The summed E-state index contributed by atoms with van der Waals surface area (Å²) < 4.78 is 5.51. The summed E-state index contributed by atoms with van der Waals surface area (Å²) in [7, 11) is 0. The van der Waals surface area contributed by atoms with Gasteiger partial charge in [0.1, 0.15) is 12.4 Å². The van der Waals surface area contributed by atoms with Gasteiger partial charge < -0.3 is 20.0 Å². The van der Waals surface area contributed by atoms with Gasteiger partial charge in [0.2, 0.25) is 0 Å². The maximum Gasteiger partial charge on any atom is 0.329 e. The summed E-state index contributed by atoms with van der Waals surface area (Å²) in [4.78, 5) is 33.3. The minimum Gasteiger partial charge on any atom is -0.546 e. The summed E-state index contributed by atoms with van der Waals surface area (Å²) in [5.74, 6) is -2.38. The molecule has 0 spiro atoms. The van der Waals surface area contributed by atoms with Gasteiger partial charge in [-0.25, -0.2) is 5.43 Å². The minimum atomic E-state index is -1.33. The van der Waals surface area contributed by atoms with Crippen molar-refractivity contribution in [2.24, 2.45) is 11.0 Å². The third-order valence-electron chi connectivity index (χ3n) is 2.56. The first kappa shape index (κ1) is 19.6. The van der Waals surface area contributed by atoms with Crippen molar-refractivity contribution in [3.05, 3.63) is 28.2 Å². The fraction of sp³-hybridized carbons (Fsp3) is 0.333. The van der Waals surface area contributed by atoms with Crippen molar-refractivity contribution in [2.75, 3.05) is 13.2 Å². The number of rotatable bonds is 7. The van der Waals surface area contributed by atoms with Crippen molar-refractivity contribution in [1.29, 1.82) is 0 Å². The number of hydrogen-bond acceptors (Lipinski definition) is 6. The Morgan fingerprint density at radius 1 is 1.33 bits per heavy atom. The monoisotopic (exact) mass is 398 g/mol. The largest absolute Gasteiger partial charge is 0.546 e. The molecule has 0 aliphatic carbocycles. The molecule has 0 saturated carbocycles. The topological polar surface area (TPSA) is 120 Å². The number of ether oxygens (including phenoxy) is 1. The molecule has 0 aliphatic heterocycles. The number of nitrogens with zero attached hydrogens (tertiary/aromatic N) is 1. The van der Waals surface area contributed by atoms with E-state index in [0.29, 0.717) is 22.3 Å². The summed E-state index contributed by atoms with van der Waals surface area (Å²) in [6.45, 7) is 3.66. The number of halogens is 1. The van der Waals surface area contributed by atoms with Crippen LogP contribution in [-0.2, 0) is 14.4 Å². The van der Waals surface area contributed by atoms with Crippen molar-refractivity contribution < 1.29 is 24.2 Å². The Morgan fingerprint density at radius 3 is 2.62 bits per heavy atom. The van der Waals surface area contributed by atoms with Crippen LogP contribution in [0.15, 0.2) is 27.8 Å². The van der Waals surface area contributed by atoms with E-state index in [1.807, 2.05) is 13.8 Å². The highest BCUT2D eigenvalue weighted by atomic mass is 79.9. The lowest BCUT2D eigenvalue weighted by Crippen LogP contribution is -2.39. The van der Waals surface area contributed by atoms with Crippen molar-refractivity contribution >= 4 is 39.9 Å². The molecule has 1 aromatic carbocycles. The summed E-state index contributed by atoms with van der Waals surface area (Å²) in [5, 5.41) is 16.5. The molecule has 0 fully saturated rings. The summed E-state index contributed by atoms with van der Waals surface area (Å²) in [6.07, 6.45) is 1.33. The molecule has 9 heteroatoms. The van der Waals surface area contributed by atoms with Gasteiger partial charge in [-0.1, -0.05) is 13.8 Å². The number of carboxylic acids is 1. The van der Waals surface area contributed by atoms with Gasteiger partial charge >= 0.3 is 11.8 Å². The van der Waals surface area contributed by atoms with E-state index in [0.717, 1.165) is 0 Å². The van der Waals surface area contributed by atoms with E-state index in [1.54, 1.807) is 12.1 Å². The number of aliphatic carboxylic acids is 1. The number of carbonyl (C=O) groups excluding carboxylic acids is 3. The fourth-order valence-electron chi connectivity index (χ4n) is 1.44. The van der Waals surface area contributed by atoms with Gasteiger partial charge in [0.25, 0.3) is 0 Å². The lowest BCUT2D eigenvalue weighted by atomic mass is 10.2. The van der Waals surface area contributed by atoms with E-state index in [1.165, 1.54) is 12.3 Å². The number of hydrazone groups is 1. The lowest BCUT2D eigenvalue weighted by molar-refractivity contribution is -0.307. The fourth-order valence-corrected chi connectivity index (χ4v) is 1.96. The summed E-state index contributed by atoms with van der Waals surface area (Å²) in [6, 6.07) is 4.74. The Kier molecular flexibility index (Phi) is 7.90. The molecular weight excluding hydrogens is 382 g/mol. The van der Waals surface area contributed by atoms with Crippen LogP contribution in [0.2, 0.25) is 0 Å². The molecule has 2 N–H and O–H groups in total. The summed E-state index contributed by atoms with van der Waals surface area (Å²) >= 11 is 3.22. The lowest BCUT2D eigenvalue weighted by Gasteiger charge is -2.09. The van der Waals surface area contributed by atoms with Crippen molar-refractivity contribution in [2.45, 2.75) is 13.8 Å². The standard InChI is InChI=1S/C15H18BrN3O5/c1-9(2)6-17-14(22)15(23)19-18-7-10-3-4-12(11(16)5-10)24-8-13(20)21/h3-5,7,9H,6,8H2,1-2H3,(H,17,22)(H,19,23)(H,20,21)/p-1/b18-7-. The SMILES string of the molecule is CC(C)CNC(=O)C(=O)N/N=C\c1ccc(OCC(=O)[O-])c(Br)c1. The molecule has 24 heavy (non-hydrogen) atoms. The Bertz CT molecular complexity index is 646. The zero-order valence-electron chi connectivity index (χ0n) is 13.2. The predicted molar refractivity (Wildman–Crippen MR) is 88.2 cm³/mol. The third kappa shape index (κ3) is 7.23. The van der Waals surface area contributed by atoms with Crippen LogP contribution >= 0.6 is 15.9 Å². The van der Waals surface area contributed by atoms with E-state index in [-0.39, 0.29) is 5.92 Å². The average molecular weight is 399 g/mol. The number of nitrogens with one attached hydrogen (secondary N) is 2. The van der Waals surface area contributed by atoms with Gasteiger partial charge in [0.05, 0.1) is 16.7 Å². The number of hydrogen-bond donors (Lipinski definition) is 2. The van der Waals surface area contributed by atoms with Gasteiger partial charge in [0.15, 0.2) is 0 Å². The number of carboxylic acid groups (broad SMARTS) is 1. The zero-order chi connectivity index (χ0) is 18.1. The molecular formula is C15H17BrN3O5-. The normalized spacial score (nSPS) is 10.7. The zero-order valence-corrected chi connectivity index (χ0v) is 14.8. The highest BCUT2D eigenvalue weighted by molar-refractivity contribution is 9.10. The molecule has 8 nitrogen and oxygen atoms in total. The maximum absolute atomic E-state index is 11.5. The molecule has 0 aliphatic rings. The van der Waals surface area contributed by atoms with E-state index in [2.05, 4.69) is 31.8 Å². The molecule has 0 unspecified atom stereocenters. The third-order valence-corrected chi connectivity index (χ3v) is 3.18. The summed E-state index contributed by atoms with van der Waals surface area (Å²) in [5.41, 5.74) is 2.72. The first-order valence-corrected chi connectivity index (χ1v) is 7.82. The van der Waals surface area contributed by atoms with E-state index >= 15 is 0 Å². The second-order valence-electron chi connectivity index (χ2n) is 5.15. The van der Waals surface area contributed by atoms with Crippen LogP contribution in [0.25, 0.3) is 0 Å². The van der Waals surface area contributed by atoms with Crippen molar-refractivity contribution in [1.82, 2.24) is 10.7 Å². The Morgan fingerprint density at radius 2 is 2.04 bits per heavy atom. The van der Waals surface area contributed by atoms with Crippen LogP contribution in [0.5, 0.6) is 5.75 Å². The smallest absolute Gasteiger partial charge is 0.329 e. The molecule has 1 aromatic rings. The molecule has 0 saturated heterocycles. The molecule has 2 amide bonds. The Hall–Kier alpha value is -2.42. The first-order chi connectivity index (χ1) is 11.3. The van der Waals surface area contributed by atoms with Crippen LogP contribution in [-0.4, -0.2) is 37.1 Å². The molecule has 0 bridgehead atoms. The number of amides is 2. The Balaban J connectivity index is 2.55. The predicted octanol–water partition coefficient (Wildman–Crippen LogP) is -0.200. The number of benzene rings is 1. The maximum atomic E-state index is 11.5. The number of carbonyl (C=O) groups is 3. The average Bonchev–Trinajstić information content (AvgIpc) is 2.51. The highest BCUT2D eigenvalue weighted by Crippen LogP contribution is 2.25. The molecule has 130 valence electrons. The molecule has 0 radical (unpaired) electrons. The van der Waals surface area contributed by atoms with Gasteiger partial charge in [-0.3, -0.25) is 9.59 Å². The second kappa shape index (κ2) is 9.66. The van der Waals surface area contributed by atoms with E-state index in [9.17, 15) is 19.5 Å². The Labute approximate surface area is 147 Å².